The van der Waals surface area contributed by atoms with Gasteiger partial charge < -0.3 is 14.6 Å². The van der Waals surface area contributed by atoms with E-state index < -0.39 is 5.97 Å². The minimum atomic E-state index is -1.11. The predicted molar refractivity (Wildman–Crippen MR) is 60.1 cm³/mol. The fourth-order valence-electron chi connectivity index (χ4n) is 1.04. The van der Waals surface area contributed by atoms with Crippen molar-refractivity contribution < 1.29 is 19.4 Å². The molecular weight excluding hydrogens is 224 g/mol. The number of ether oxygens (including phenoxy) is 2. The van der Waals surface area contributed by atoms with Crippen LogP contribution in [0.25, 0.3) is 0 Å². The van der Waals surface area contributed by atoms with Crippen molar-refractivity contribution in [3.05, 3.63) is 17.8 Å². The lowest BCUT2D eigenvalue weighted by Gasteiger charge is -2.07. The summed E-state index contributed by atoms with van der Waals surface area (Å²) in [4.78, 5) is 10.5. The van der Waals surface area contributed by atoms with E-state index in [0.29, 0.717) is 31.6 Å². The van der Waals surface area contributed by atoms with Crippen LogP contribution in [-0.4, -0.2) is 41.1 Å². The first kappa shape index (κ1) is 13.4. The Labute approximate surface area is 99.6 Å². The van der Waals surface area contributed by atoms with Gasteiger partial charge in [-0.1, -0.05) is 13.8 Å². The van der Waals surface area contributed by atoms with Gasteiger partial charge in [0.15, 0.2) is 5.69 Å². The second-order valence-corrected chi connectivity index (χ2v) is 3.88. The highest BCUT2D eigenvalue weighted by atomic mass is 16.5. The fourth-order valence-corrected chi connectivity index (χ4v) is 1.04. The number of carboxylic acid groups (broad SMARTS) is 1. The van der Waals surface area contributed by atoms with Gasteiger partial charge in [0.25, 0.3) is 0 Å². The Morgan fingerprint density at radius 2 is 2.12 bits per heavy atom. The molecular formula is C11H16N2O4. The van der Waals surface area contributed by atoms with Crippen LogP contribution in [0.2, 0.25) is 0 Å². The van der Waals surface area contributed by atoms with E-state index in [4.69, 9.17) is 14.6 Å². The van der Waals surface area contributed by atoms with E-state index in [0.717, 1.165) is 0 Å². The molecule has 0 aliphatic rings. The van der Waals surface area contributed by atoms with Crippen LogP contribution in [-0.2, 0) is 4.74 Å². The summed E-state index contributed by atoms with van der Waals surface area (Å²) in [5, 5.41) is 15.7. The molecule has 0 radical (unpaired) electrons. The molecule has 17 heavy (non-hydrogen) atoms. The molecule has 0 fully saturated rings. The van der Waals surface area contributed by atoms with Crippen LogP contribution in [0.15, 0.2) is 12.1 Å². The molecule has 0 aliphatic carbocycles. The average Bonchev–Trinajstić information content (AvgIpc) is 2.29. The Morgan fingerprint density at radius 1 is 1.35 bits per heavy atom. The summed E-state index contributed by atoms with van der Waals surface area (Å²) in [5.74, 6) is -0.322. The number of hydrogen-bond donors (Lipinski definition) is 1. The van der Waals surface area contributed by atoms with Gasteiger partial charge >= 0.3 is 5.97 Å². The van der Waals surface area contributed by atoms with Crippen molar-refractivity contribution >= 4 is 5.97 Å². The summed E-state index contributed by atoms with van der Waals surface area (Å²) < 4.78 is 10.5. The van der Waals surface area contributed by atoms with E-state index in [-0.39, 0.29) is 5.69 Å². The molecule has 0 aromatic carbocycles. The molecule has 94 valence electrons. The number of aromatic nitrogens is 2. The normalized spacial score (nSPS) is 10.5. The predicted octanol–water partition coefficient (Wildman–Crippen LogP) is 1.23. The van der Waals surface area contributed by atoms with Crippen LogP contribution < -0.4 is 4.74 Å². The van der Waals surface area contributed by atoms with Crippen molar-refractivity contribution in [1.82, 2.24) is 10.2 Å². The minimum absolute atomic E-state index is 0.103. The van der Waals surface area contributed by atoms with Gasteiger partial charge in [-0.2, -0.15) is 0 Å². The van der Waals surface area contributed by atoms with Crippen molar-refractivity contribution in [2.75, 3.05) is 19.8 Å². The molecule has 0 aliphatic heterocycles. The molecule has 0 unspecified atom stereocenters. The third-order valence-corrected chi connectivity index (χ3v) is 1.79. The van der Waals surface area contributed by atoms with E-state index >= 15 is 0 Å². The summed E-state index contributed by atoms with van der Waals surface area (Å²) in [6.07, 6.45) is 0. The number of carboxylic acids is 1. The highest BCUT2D eigenvalue weighted by molar-refractivity contribution is 5.84. The van der Waals surface area contributed by atoms with E-state index in [2.05, 4.69) is 24.0 Å². The van der Waals surface area contributed by atoms with Crippen LogP contribution in [0.5, 0.6) is 5.88 Å². The average molecular weight is 240 g/mol. The van der Waals surface area contributed by atoms with E-state index in [9.17, 15) is 4.79 Å². The van der Waals surface area contributed by atoms with Crippen molar-refractivity contribution in [1.29, 1.82) is 0 Å². The molecule has 0 saturated carbocycles. The van der Waals surface area contributed by atoms with Gasteiger partial charge in [-0.3, -0.25) is 0 Å². The Balaban J connectivity index is 2.25. The van der Waals surface area contributed by atoms with Gasteiger partial charge in [-0.15, -0.1) is 10.2 Å². The second-order valence-electron chi connectivity index (χ2n) is 3.88. The zero-order valence-electron chi connectivity index (χ0n) is 9.92. The maximum atomic E-state index is 10.5. The molecule has 1 aromatic rings. The number of rotatable bonds is 7. The molecule has 1 rings (SSSR count). The molecule has 6 nitrogen and oxygen atoms in total. The lowest BCUT2D eigenvalue weighted by atomic mass is 10.2. The maximum absolute atomic E-state index is 10.5. The lowest BCUT2D eigenvalue weighted by molar-refractivity contribution is 0.0687. The summed E-state index contributed by atoms with van der Waals surface area (Å²) in [7, 11) is 0. The minimum Gasteiger partial charge on any atom is -0.476 e. The van der Waals surface area contributed by atoms with E-state index in [1.165, 1.54) is 12.1 Å². The Hall–Kier alpha value is -1.69. The second kappa shape index (κ2) is 6.80. The number of hydrogen-bond acceptors (Lipinski definition) is 5. The third kappa shape index (κ3) is 5.26. The van der Waals surface area contributed by atoms with Crippen LogP contribution in [0.1, 0.15) is 24.3 Å². The highest BCUT2D eigenvalue weighted by Crippen LogP contribution is 2.04. The third-order valence-electron chi connectivity index (χ3n) is 1.79. The Kier molecular flexibility index (Phi) is 5.35. The van der Waals surface area contributed by atoms with Crippen molar-refractivity contribution in [3.63, 3.8) is 0 Å². The van der Waals surface area contributed by atoms with Gasteiger partial charge in [0.05, 0.1) is 6.61 Å². The number of nitrogens with zero attached hydrogens (tertiary/aromatic N) is 2. The summed E-state index contributed by atoms with van der Waals surface area (Å²) in [6, 6.07) is 2.82. The summed E-state index contributed by atoms with van der Waals surface area (Å²) in [6.45, 7) is 5.66. The molecule has 0 amide bonds. The maximum Gasteiger partial charge on any atom is 0.356 e. The molecule has 1 aromatic heterocycles. The van der Waals surface area contributed by atoms with Crippen molar-refractivity contribution in [2.45, 2.75) is 13.8 Å². The molecule has 6 heteroatoms. The lowest BCUT2D eigenvalue weighted by Crippen LogP contribution is -2.11. The van der Waals surface area contributed by atoms with Crippen LogP contribution in [0.3, 0.4) is 0 Å². The first-order chi connectivity index (χ1) is 8.09. The zero-order chi connectivity index (χ0) is 12.7. The first-order valence-corrected chi connectivity index (χ1v) is 5.37. The Morgan fingerprint density at radius 3 is 2.65 bits per heavy atom. The topological polar surface area (TPSA) is 81.5 Å². The van der Waals surface area contributed by atoms with Gasteiger partial charge in [0.2, 0.25) is 5.88 Å². The quantitative estimate of drug-likeness (QED) is 0.722. The summed E-state index contributed by atoms with van der Waals surface area (Å²) in [5.41, 5.74) is -0.103. The van der Waals surface area contributed by atoms with Gasteiger partial charge in [-0.05, 0) is 12.0 Å². The molecule has 0 atom stereocenters. The number of carbonyl (C=O) groups is 1. The van der Waals surface area contributed by atoms with Crippen molar-refractivity contribution in [3.8, 4) is 5.88 Å². The van der Waals surface area contributed by atoms with Gasteiger partial charge in [-0.25, -0.2) is 4.79 Å². The monoisotopic (exact) mass is 240 g/mol. The van der Waals surface area contributed by atoms with Crippen LogP contribution in [0.4, 0.5) is 0 Å². The largest absolute Gasteiger partial charge is 0.476 e. The zero-order valence-corrected chi connectivity index (χ0v) is 9.92. The van der Waals surface area contributed by atoms with Gasteiger partial charge in [0, 0.05) is 12.7 Å². The number of aromatic carboxylic acids is 1. The van der Waals surface area contributed by atoms with E-state index in [1.54, 1.807) is 0 Å². The fraction of sp³-hybridized carbons (Fsp3) is 0.545. The smallest absolute Gasteiger partial charge is 0.356 e. The van der Waals surface area contributed by atoms with Gasteiger partial charge in [0.1, 0.15) is 6.61 Å². The first-order valence-electron chi connectivity index (χ1n) is 5.37. The SMILES string of the molecule is CC(C)COCCOc1ccc(C(=O)O)nn1. The molecule has 1 N–H and O–H groups in total. The standard InChI is InChI=1S/C11H16N2O4/c1-8(2)7-16-5-6-17-10-4-3-9(11(14)15)12-13-10/h3-4,8H,5-7H2,1-2H3,(H,14,15). The Bertz CT molecular complexity index is 351. The molecule has 0 spiro atoms. The van der Waals surface area contributed by atoms with E-state index in [1.807, 2.05) is 0 Å². The molecule has 0 saturated heterocycles. The van der Waals surface area contributed by atoms with Crippen LogP contribution >= 0.6 is 0 Å². The highest BCUT2D eigenvalue weighted by Gasteiger charge is 2.05. The van der Waals surface area contributed by atoms with Crippen molar-refractivity contribution in [2.24, 2.45) is 5.92 Å². The molecule has 1 heterocycles. The summed E-state index contributed by atoms with van der Waals surface area (Å²) >= 11 is 0. The van der Waals surface area contributed by atoms with Crippen LogP contribution in [0, 0.1) is 5.92 Å². The molecule has 0 bridgehead atoms.